The monoisotopic (exact) mass is 234 g/mol. The fourth-order valence-electron chi connectivity index (χ4n) is 1.42. The smallest absolute Gasteiger partial charge is 1.00 e. The van der Waals surface area contributed by atoms with Crippen molar-refractivity contribution in [3.63, 3.8) is 0 Å². The van der Waals surface area contributed by atoms with E-state index in [4.69, 9.17) is 4.55 Å². The molecule has 0 bridgehead atoms. The molecule has 2 aromatic rings. The maximum atomic E-state index is 11.0. The van der Waals surface area contributed by atoms with Gasteiger partial charge in [-0.3, -0.25) is 4.55 Å². The summed E-state index contributed by atoms with van der Waals surface area (Å²) in [4.78, 5) is -0.0457. The largest absolute Gasteiger partial charge is 1.00 e. The second-order valence-electron chi connectivity index (χ2n) is 2.95. The Morgan fingerprint density at radius 1 is 1.00 bits per heavy atom. The Labute approximate surface area is 107 Å². The van der Waals surface area contributed by atoms with Crippen LogP contribution in [0.1, 0.15) is 1.43 Å². The summed E-state index contributed by atoms with van der Waals surface area (Å²) in [5.74, 6) is 0. The number of benzene rings is 2. The predicted octanol–water partition coefficient (Wildman–Crippen LogP) is -1.62. The van der Waals surface area contributed by atoms with Crippen molar-refractivity contribution in [2.45, 2.75) is 4.90 Å². The van der Waals surface area contributed by atoms with E-state index in [1.165, 1.54) is 6.07 Å². The number of fused-ring (bicyclic) bond motifs is 1. The van der Waals surface area contributed by atoms with Crippen LogP contribution in [0.2, 0.25) is 0 Å². The van der Waals surface area contributed by atoms with Gasteiger partial charge >= 0.3 is 18.9 Å². The minimum Gasteiger partial charge on any atom is -1.00 e. The molecule has 6 heteroatoms. The molecule has 0 radical (unpaired) electrons. The molecule has 0 aromatic heterocycles. The topological polar surface area (TPSA) is 85.9 Å². The first-order chi connectivity index (χ1) is 6.59. The average molecular weight is 234 g/mol. The Bertz CT molecular complexity index is 580. The third-order valence-electron chi connectivity index (χ3n) is 2.03. The van der Waals surface area contributed by atoms with Crippen LogP contribution in [0.5, 0.6) is 0 Å². The normalized spacial score (nSPS) is 10.3. The van der Waals surface area contributed by atoms with Crippen LogP contribution < -0.4 is 18.9 Å². The molecule has 0 saturated heterocycles. The fraction of sp³-hybridized carbons (Fsp3) is 0. The third kappa shape index (κ3) is 2.85. The van der Waals surface area contributed by atoms with Gasteiger partial charge in [-0.05, 0) is 11.5 Å². The van der Waals surface area contributed by atoms with Crippen LogP contribution in [0.4, 0.5) is 0 Å². The Kier molecular flexibility index (Phi) is 5.20. The first-order valence-corrected chi connectivity index (χ1v) is 5.48. The van der Waals surface area contributed by atoms with Gasteiger partial charge in [0.25, 0.3) is 10.1 Å². The van der Waals surface area contributed by atoms with Gasteiger partial charge in [-0.25, -0.2) is 0 Å². The summed E-state index contributed by atoms with van der Waals surface area (Å²) in [5, 5.41) is 1.33. The molecule has 0 aliphatic rings. The predicted molar refractivity (Wildman–Crippen MR) is 58.5 cm³/mol. The molecule has 0 saturated carbocycles. The number of rotatable bonds is 1. The van der Waals surface area contributed by atoms with Gasteiger partial charge < -0.3 is 6.90 Å². The first-order valence-electron chi connectivity index (χ1n) is 4.04. The van der Waals surface area contributed by atoms with Gasteiger partial charge in [0.1, 0.15) is 4.90 Å². The summed E-state index contributed by atoms with van der Waals surface area (Å²) < 4.78 is 31.0. The van der Waals surface area contributed by atoms with E-state index >= 15 is 0 Å². The second kappa shape index (κ2) is 5.48. The standard InChI is InChI=1S/C10H8O3S.Li.H2O.H/c11-14(12,13)10-7-3-5-8-4-1-2-6-9(8)10;;;/h1-7H,(H,11,12,13);;1H2;/q;+1;;-1. The van der Waals surface area contributed by atoms with E-state index in [-0.39, 0.29) is 30.7 Å². The molecule has 16 heavy (non-hydrogen) atoms. The summed E-state index contributed by atoms with van der Waals surface area (Å²) in [6, 6.07) is 11.8. The van der Waals surface area contributed by atoms with Gasteiger partial charge in [0, 0.05) is 5.39 Å². The number of hydrogen-bond acceptors (Lipinski definition) is 2. The van der Waals surface area contributed by atoms with E-state index in [2.05, 4.69) is 0 Å². The zero-order valence-electron chi connectivity index (χ0n) is 9.71. The van der Waals surface area contributed by atoms with Crippen molar-refractivity contribution in [1.29, 1.82) is 0 Å². The fourth-order valence-corrected chi connectivity index (χ4v) is 2.13. The maximum absolute atomic E-state index is 11.0. The minimum atomic E-state index is -4.13. The Morgan fingerprint density at radius 3 is 2.19 bits per heavy atom. The van der Waals surface area contributed by atoms with E-state index in [1.54, 1.807) is 30.3 Å². The second-order valence-corrected chi connectivity index (χ2v) is 4.34. The Morgan fingerprint density at radius 2 is 1.56 bits per heavy atom. The molecule has 2 rings (SSSR count). The van der Waals surface area contributed by atoms with Crippen LogP contribution in [-0.2, 0) is 10.1 Å². The van der Waals surface area contributed by atoms with E-state index in [0.717, 1.165) is 5.39 Å². The molecule has 4 nitrogen and oxygen atoms in total. The molecule has 0 unspecified atom stereocenters. The zero-order valence-corrected chi connectivity index (χ0v) is 9.53. The van der Waals surface area contributed by atoms with Gasteiger partial charge in [-0.15, -0.1) is 0 Å². The van der Waals surface area contributed by atoms with Crippen molar-refractivity contribution in [2.75, 3.05) is 0 Å². The molecule has 0 aliphatic carbocycles. The van der Waals surface area contributed by atoms with Crippen molar-refractivity contribution in [2.24, 2.45) is 0 Å². The Balaban J connectivity index is 0. The SMILES string of the molecule is O.O=S(=O)(O)c1cccc2ccccc12.[H-].[Li+]. The van der Waals surface area contributed by atoms with Crippen LogP contribution in [0.25, 0.3) is 10.8 Å². The van der Waals surface area contributed by atoms with E-state index in [1.807, 2.05) is 6.07 Å². The van der Waals surface area contributed by atoms with Gasteiger partial charge in [-0.2, -0.15) is 8.42 Å². The van der Waals surface area contributed by atoms with Crippen molar-refractivity contribution in [3.05, 3.63) is 42.5 Å². The molecule has 0 heterocycles. The van der Waals surface area contributed by atoms with Gasteiger partial charge in [0.15, 0.2) is 0 Å². The van der Waals surface area contributed by atoms with Crippen LogP contribution in [0.15, 0.2) is 47.4 Å². The van der Waals surface area contributed by atoms with Crippen molar-refractivity contribution in [3.8, 4) is 0 Å². The van der Waals surface area contributed by atoms with E-state index in [9.17, 15) is 8.42 Å². The van der Waals surface area contributed by atoms with E-state index in [0.29, 0.717) is 5.39 Å². The summed E-state index contributed by atoms with van der Waals surface area (Å²) in [7, 11) is -4.13. The molecule has 0 fully saturated rings. The maximum Gasteiger partial charge on any atom is 1.00 e. The summed E-state index contributed by atoms with van der Waals surface area (Å²) >= 11 is 0. The molecule has 82 valence electrons. The van der Waals surface area contributed by atoms with Crippen molar-refractivity contribution >= 4 is 20.9 Å². The zero-order chi connectivity index (χ0) is 10.2. The molecular weight excluding hydrogens is 223 g/mol. The van der Waals surface area contributed by atoms with Crippen LogP contribution in [0.3, 0.4) is 0 Å². The van der Waals surface area contributed by atoms with Gasteiger partial charge in [0.05, 0.1) is 0 Å². The van der Waals surface area contributed by atoms with E-state index < -0.39 is 10.1 Å². The number of hydrogen-bond donors (Lipinski definition) is 1. The molecule has 0 aliphatic heterocycles. The van der Waals surface area contributed by atoms with Gasteiger partial charge in [0.2, 0.25) is 0 Å². The van der Waals surface area contributed by atoms with Crippen molar-refractivity contribution < 1.29 is 38.7 Å². The molecule has 2 aromatic carbocycles. The summed E-state index contributed by atoms with van der Waals surface area (Å²) in [6.45, 7) is 0. The molecule has 3 N–H and O–H groups in total. The quantitative estimate of drug-likeness (QED) is 0.475. The van der Waals surface area contributed by atoms with Gasteiger partial charge in [-0.1, -0.05) is 36.4 Å². The van der Waals surface area contributed by atoms with Crippen molar-refractivity contribution in [1.82, 2.24) is 0 Å². The van der Waals surface area contributed by atoms with Crippen LogP contribution in [-0.4, -0.2) is 18.4 Å². The Hall–Kier alpha value is -0.833. The first kappa shape index (κ1) is 15.2. The van der Waals surface area contributed by atoms with Crippen LogP contribution >= 0.6 is 0 Å². The molecule has 0 spiro atoms. The third-order valence-corrected chi connectivity index (χ3v) is 2.94. The van der Waals surface area contributed by atoms with Crippen LogP contribution in [0, 0.1) is 0 Å². The molecule has 0 amide bonds. The molecule has 0 atom stereocenters. The average Bonchev–Trinajstić information content (AvgIpc) is 2.15. The summed E-state index contributed by atoms with van der Waals surface area (Å²) in [5.41, 5.74) is 0. The summed E-state index contributed by atoms with van der Waals surface area (Å²) in [6.07, 6.45) is 0. The minimum absolute atomic E-state index is 0. The molecular formula is C10H11LiO4S.